The van der Waals surface area contributed by atoms with Crippen molar-refractivity contribution in [3.05, 3.63) is 109 Å². The Morgan fingerprint density at radius 2 is 1.34 bits per heavy atom. The zero-order valence-corrected chi connectivity index (χ0v) is 21.8. The Balaban J connectivity index is 1.24. The molecule has 2 aromatic heterocycles. The predicted molar refractivity (Wildman–Crippen MR) is 157 cm³/mol. The van der Waals surface area contributed by atoms with Crippen LogP contribution >= 0.6 is 11.8 Å². The summed E-state index contributed by atoms with van der Waals surface area (Å²) in [6, 6.07) is 36.6. The maximum absolute atomic E-state index is 13.0. The van der Waals surface area contributed by atoms with Crippen LogP contribution in [0.4, 0.5) is 5.69 Å². The molecule has 0 unspecified atom stereocenters. The number of hydrogen-bond acceptors (Lipinski definition) is 4. The summed E-state index contributed by atoms with van der Waals surface area (Å²) in [6.07, 6.45) is 0. The van der Waals surface area contributed by atoms with Crippen LogP contribution in [0.5, 0.6) is 0 Å². The first-order valence-corrected chi connectivity index (χ1v) is 13.6. The van der Waals surface area contributed by atoms with E-state index in [1.165, 1.54) is 28.2 Å². The number of nitrogens with zero attached hydrogens (tertiary/aromatic N) is 3. The van der Waals surface area contributed by atoms with Crippen molar-refractivity contribution in [3.63, 3.8) is 0 Å². The van der Waals surface area contributed by atoms with Gasteiger partial charge in [0.05, 0.1) is 17.1 Å². The van der Waals surface area contributed by atoms with Crippen molar-refractivity contribution >= 4 is 45.2 Å². The summed E-state index contributed by atoms with van der Waals surface area (Å²) in [7, 11) is 0. The summed E-state index contributed by atoms with van der Waals surface area (Å²) < 4.78 is 2.30. The lowest BCUT2D eigenvalue weighted by Gasteiger charge is -2.09. The number of aryl methyl sites for hydroxylation is 1. The Morgan fingerprint density at radius 3 is 2.00 bits per heavy atom. The van der Waals surface area contributed by atoms with Crippen LogP contribution in [0.3, 0.4) is 0 Å². The average Bonchev–Trinajstić information content (AvgIpc) is 3.30. The number of hydrogen-bond donors (Lipinski definition) is 1. The van der Waals surface area contributed by atoms with E-state index in [1.807, 2.05) is 72.8 Å². The average molecular weight is 515 g/mol. The number of carbonyl (C=O) groups is 1. The molecule has 0 saturated carbocycles. The van der Waals surface area contributed by atoms with Gasteiger partial charge in [-0.15, -0.1) is 0 Å². The Morgan fingerprint density at radius 1 is 0.737 bits per heavy atom. The molecule has 0 fully saturated rings. The normalized spacial score (nSPS) is 11.2. The Hall–Kier alpha value is -4.42. The lowest BCUT2D eigenvalue weighted by molar-refractivity contribution is -0.113. The molecule has 0 bridgehead atoms. The van der Waals surface area contributed by atoms with Crippen molar-refractivity contribution in [2.24, 2.45) is 0 Å². The van der Waals surface area contributed by atoms with Crippen molar-refractivity contribution in [2.45, 2.75) is 18.6 Å². The van der Waals surface area contributed by atoms with Gasteiger partial charge in [-0.3, -0.25) is 4.79 Å². The maximum atomic E-state index is 13.0. The van der Waals surface area contributed by atoms with E-state index < -0.39 is 0 Å². The van der Waals surface area contributed by atoms with Crippen LogP contribution in [0, 0.1) is 0 Å². The summed E-state index contributed by atoms with van der Waals surface area (Å²) in [5, 5.41) is 5.96. The minimum atomic E-state index is -0.0939. The highest BCUT2D eigenvalue weighted by atomic mass is 32.2. The van der Waals surface area contributed by atoms with Gasteiger partial charge < -0.3 is 9.88 Å². The third-order valence-corrected chi connectivity index (χ3v) is 7.40. The first-order valence-electron chi connectivity index (χ1n) is 12.6. The zero-order chi connectivity index (χ0) is 25.9. The van der Waals surface area contributed by atoms with E-state index in [4.69, 9.17) is 9.97 Å². The number of anilines is 1. The van der Waals surface area contributed by atoms with Gasteiger partial charge in [-0.2, -0.15) is 0 Å². The van der Waals surface area contributed by atoms with Crippen LogP contribution in [-0.2, 0) is 11.3 Å². The third-order valence-electron chi connectivity index (χ3n) is 6.55. The van der Waals surface area contributed by atoms with Gasteiger partial charge in [-0.25, -0.2) is 9.97 Å². The number of thioether (sulfide) groups is 1. The topological polar surface area (TPSA) is 59.8 Å². The zero-order valence-electron chi connectivity index (χ0n) is 21.0. The van der Waals surface area contributed by atoms with Gasteiger partial charge >= 0.3 is 0 Å². The molecule has 5 nitrogen and oxygen atoms in total. The molecule has 0 aliphatic heterocycles. The smallest absolute Gasteiger partial charge is 0.234 e. The number of rotatable bonds is 7. The van der Waals surface area contributed by atoms with Crippen molar-refractivity contribution < 1.29 is 4.79 Å². The number of nitrogens with one attached hydrogen (secondary N) is 1. The van der Waals surface area contributed by atoms with E-state index in [0.29, 0.717) is 5.16 Å². The van der Waals surface area contributed by atoms with E-state index in [0.717, 1.165) is 40.1 Å². The molecule has 2 heterocycles. The molecule has 1 amide bonds. The fourth-order valence-electron chi connectivity index (χ4n) is 4.80. The predicted octanol–water partition coefficient (Wildman–Crippen LogP) is 7.67. The molecule has 6 rings (SSSR count). The lowest BCUT2D eigenvalue weighted by Crippen LogP contribution is -2.14. The fraction of sp³-hybridized carbons (Fsp3) is 0.0938. The largest absolute Gasteiger partial charge is 0.341 e. The molecule has 1 N–H and O–H groups in total. The van der Waals surface area contributed by atoms with Crippen LogP contribution in [0.15, 0.2) is 114 Å². The van der Waals surface area contributed by atoms with E-state index in [-0.39, 0.29) is 11.7 Å². The molecule has 186 valence electrons. The third kappa shape index (κ3) is 4.78. The van der Waals surface area contributed by atoms with E-state index >= 15 is 0 Å². The summed E-state index contributed by atoms with van der Waals surface area (Å²) in [5.41, 5.74) is 6.84. The first-order chi connectivity index (χ1) is 18.7. The molecule has 0 aliphatic carbocycles. The Labute approximate surface area is 225 Å². The van der Waals surface area contributed by atoms with E-state index in [2.05, 4.69) is 53.2 Å². The molecule has 0 atom stereocenters. The molecule has 4 aromatic carbocycles. The van der Waals surface area contributed by atoms with Crippen LogP contribution < -0.4 is 5.32 Å². The van der Waals surface area contributed by atoms with E-state index in [1.54, 1.807) is 0 Å². The molecular weight excluding hydrogens is 488 g/mol. The number of para-hydroxylation sites is 1. The second kappa shape index (κ2) is 10.5. The van der Waals surface area contributed by atoms with Gasteiger partial charge in [0.25, 0.3) is 0 Å². The summed E-state index contributed by atoms with van der Waals surface area (Å²) >= 11 is 1.34. The van der Waals surface area contributed by atoms with Crippen LogP contribution in [-0.4, -0.2) is 26.2 Å². The number of benzene rings is 4. The van der Waals surface area contributed by atoms with Crippen molar-refractivity contribution in [1.29, 1.82) is 0 Å². The van der Waals surface area contributed by atoms with Gasteiger partial charge in [0.2, 0.25) is 5.91 Å². The molecule has 0 saturated heterocycles. The highest BCUT2D eigenvalue weighted by molar-refractivity contribution is 7.99. The van der Waals surface area contributed by atoms with Gasteiger partial charge in [-0.05, 0) is 37.3 Å². The van der Waals surface area contributed by atoms with Crippen molar-refractivity contribution in [3.8, 4) is 22.5 Å². The molecule has 0 spiro atoms. The number of carbonyl (C=O) groups excluding carboxylic acids is 1. The Kier molecular flexibility index (Phi) is 6.63. The summed E-state index contributed by atoms with van der Waals surface area (Å²) in [5.74, 6) is 0.116. The molecule has 6 aromatic rings. The van der Waals surface area contributed by atoms with Gasteiger partial charge in [0.15, 0.2) is 5.16 Å². The van der Waals surface area contributed by atoms with Crippen LogP contribution in [0.25, 0.3) is 44.3 Å². The molecule has 38 heavy (non-hydrogen) atoms. The van der Waals surface area contributed by atoms with Gasteiger partial charge in [0.1, 0.15) is 0 Å². The fourth-order valence-corrected chi connectivity index (χ4v) is 5.46. The highest BCUT2D eigenvalue weighted by Gasteiger charge is 2.13. The minimum absolute atomic E-state index is 0.0939. The SMILES string of the molecule is CCn1c2ccccc2c2cc(NC(=O)CSc3nc(-c4ccccc4)cc(-c4ccccc4)n3)ccc21. The van der Waals surface area contributed by atoms with Crippen molar-refractivity contribution in [1.82, 2.24) is 14.5 Å². The van der Waals surface area contributed by atoms with Gasteiger partial charge in [-0.1, -0.05) is 90.6 Å². The number of fused-ring (bicyclic) bond motifs is 3. The van der Waals surface area contributed by atoms with E-state index in [9.17, 15) is 4.79 Å². The second-order valence-corrected chi connectivity index (χ2v) is 9.93. The summed E-state index contributed by atoms with van der Waals surface area (Å²) in [6.45, 7) is 3.04. The quantitative estimate of drug-likeness (QED) is 0.175. The minimum Gasteiger partial charge on any atom is -0.341 e. The first kappa shape index (κ1) is 23.9. The van der Waals surface area contributed by atoms with Gasteiger partial charge in [0, 0.05) is 45.2 Å². The molecule has 0 aliphatic rings. The lowest BCUT2D eigenvalue weighted by atomic mass is 10.1. The van der Waals surface area contributed by atoms with Crippen molar-refractivity contribution in [2.75, 3.05) is 11.1 Å². The standard InChI is InChI=1S/C32H26N4OS/c1-2-36-29-16-10-9-15-25(29)26-19-24(17-18-30(26)36)33-31(37)21-38-32-34-27(22-11-5-3-6-12-22)20-28(35-32)23-13-7-4-8-14-23/h3-20H,2,21H2,1H3,(H,33,37). The monoisotopic (exact) mass is 514 g/mol. The molecule has 6 heteroatoms. The highest BCUT2D eigenvalue weighted by Crippen LogP contribution is 2.31. The summed E-state index contributed by atoms with van der Waals surface area (Å²) in [4.78, 5) is 22.5. The second-order valence-electron chi connectivity index (χ2n) is 8.98. The van der Waals surface area contributed by atoms with Crippen LogP contribution in [0.1, 0.15) is 6.92 Å². The Bertz CT molecular complexity index is 1690. The molecular formula is C32H26N4OS. The maximum Gasteiger partial charge on any atom is 0.234 e. The number of amides is 1. The molecule has 0 radical (unpaired) electrons. The number of aromatic nitrogens is 3. The van der Waals surface area contributed by atoms with Crippen LogP contribution in [0.2, 0.25) is 0 Å².